The molecule has 0 saturated heterocycles. The lowest BCUT2D eigenvalue weighted by Crippen LogP contribution is -2.47. The maximum Gasteiger partial charge on any atom is 0.402 e. The predicted octanol–water partition coefficient (Wildman–Crippen LogP) is 4.43. The van der Waals surface area contributed by atoms with Crippen LogP contribution in [0.3, 0.4) is 0 Å². The van der Waals surface area contributed by atoms with Crippen molar-refractivity contribution in [2.75, 3.05) is 26.8 Å². The number of ether oxygens (including phenoxy) is 2. The summed E-state index contributed by atoms with van der Waals surface area (Å²) < 4.78 is 52.3. The Morgan fingerprint density at radius 2 is 1.81 bits per heavy atom. The Balaban J connectivity index is 2.36. The number of alkyl halides is 3. The minimum Gasteiger partial charge on any atom is -0.496 e. The van der Waals surface area contributed by atoms with E-state index in [4.69, 9.17) is 9.47 Å². The molecule has 1 amide bonds. The smallest absolute Gasteiger partial charge is 0.402 e. The predicted molar refractivity (Wildman–Crippen MR) is 111 cm³/mol. The molecule has 0 unspecified atom stereocenters. The number of hydrogen-bond donors (Lipinski definition) is 0. The second-order valence-electron chi connectivity index (χ2n) is 7.37. The van der Waals surface area contributed by atoms with Crippen molar-refractivity contribution < 1.29 is 32.2 Å². The molecule has 0 atom stereocenters. The van der Waals surface area contributed by atoms with Crippen molar-refractivity contribution in [3.05, 3.63) is 53.6 Å². The number of rotatable bonds is 8. The van der Waals surface area contributed by atoms with Crippen molar-refractivity contribution in [2.24, 2.45) is 5.41 Å². The first-order chi connectivity index (χ1) is 14.6. The number of esters is 1. The molecule has 0 bridgehead atoms. The van der Waals surface area contributed by atoms with Gasteiger partial charge in [0.15, 0.2) is 0 Å². The van der Waals surface area contributed by atoms with Gasteiger partial charge in [-0.3, -0.25) is 9.59 Å². The average Bonchev–Trinajstić information content (AvgIpc) is 2.71. The lowest BCUT2D eigenvalue weighted by molar-refractivity contribution is -0.195. The molecule has 1 aliphatic carbocycles. The molecule has 8 heteroatoms. The van der Waals surface area contributed by atoms with Crippen LogP contribution in [0.4, 0.5) is 13.2 Å². The summed E-state index contributed by atoms with van der Waals surface area (Å²) in [7, 11) is 1.48. The maximum atomic E-state index is 14.0. The van der Waals surface area contributed by atoms with Gasteiger partial charge in [0.2, 0.25) is 5.91 Å². The zero-order valence-electron chi connectivity index (χ0n) is 18.2. The maximum absolute atomic E-state index is 14.0. The van der Waals surface area contributed by atoms with Gasteiger partial charge in [-0.2, -0.15) is 13.2 Å². The van der Waals surface area contributed by atoms with Crippen LogP contribution in [0.1, 0.15) is 37.8 Å². The fourth-order valence-corrected chi connectivity index (χ4v) is 3.56. The molecule has 5 nitrogen and oxygen atoms in total. The summed E-state index contributed by atoms with van der Waals surface area (Å²) in [5.74, 6) is -0.762. The molecule has 0 radical (unpaired) electrons. The zero-order chi connectivity index (χ0) is 23.2. The number of amides is 1. The number of methoxy groups -OCH3 is 1. The van der Waals surface area contributed by atoms with Gasteiger partial charge in [0.05, 0.1) is 20.1 Å². The van der Waals surface area contributed by atoms with Gasteiger partial charge in [0, 0.05) is 31.5 Å². The van der Waals surface area contributed by atoms with Crippen LogP contribution in [0, 0.1) is 5.41 Å². The van der Waals surface area contributed by atoms with E-state index < -0.39 is 30.0 Å². The molecule has 0 aromatic heterocycles. The quantitative estimate of drug-likeness (QED) is 0.444. The van der Waals surface area contributed by atoms with Crippen LogP contribution in [0.25, 0.3) is 0 Å². The fraction of sp³-hybridized carbons (Fsp3) is 0.478. The van der Waals surface area contributed by atoms with Crippen molar-refractivity contribution in [1.82, 2.24) is 4.90 Å². The molecule has 1 aromatic carbocycles. The molecule has 0 spiro atoms. The van der Waals surface area contributed by atoms with Crippen LogP contribution < -0.4 is 4.74 Å². The third-order valence-corrected chi connectivity index (χ3v) is 5.32. The van der Waals surface area contributed by atoms with Crippen LogP contribution in [0.5, 0.6) is 5.75 Å². The van der Waals surface area contributed by atoms with E-state index in [1.807, 2.05) is 0 Å². The van der Waals surface area contributed by atoms with Crippen LogP contribution in [0.15, 0.2) is 42.5 Å². The highest BCUT2D eigenvalue weighted by Gasteiger charge is 2.53. The summed E-state index contributed by atoms with van der Waals surface area (Å²) >= 11 is 0. The van der Waals surface area contributed by atoms with Gasteiger partial charge in [-0.25, -0.2) is 0 Å². The van der Waals surface area contributed by atoms with Crippen LogP contribution in [-0.4, -0.2) is 49.8 Å². The molecule has 0 N–H and O–H groups in total. The molecule has 1 aromatic rings. The molecule has 0 fully saturated rings. The molecule has 2 rings (SSSR count). The number of carbonyl (C=O) groups is 2. The number of carbonyl (C=O) groups excluding carboxylic acids is 2. The molecule has 170 valence electrons. The fourth-order valence-electron chi connectivity index (χ4n) is 3.56. The van der Waals surface area contributed by atoms with Crippen molar-refractivity contribution >= 4 is 11.9 Å². The summed E-state index contributed by atoms with van der Waals surface area (Å²) in [6.07, 6.45) is 0.646. The lowest BCUT2D eigenvalue weighted by Gasteiger charge is -2.37. The van der Waals surface area contributed by atoms with Crippen LogP contribution in [0.2, 0.25) is 0 Å². The zero-order valence-corrected chi connectivity index (χ0v) is 18.2. The van der Waals surface area contributed by atoms with Crippen molar-refractivity contribution in [3.8, 4) is 5.75 Å². The normalized spacial score (nSPS) is 20.4. The minimum absolute atomic E-state index is 0.0571. The molecule has 0 saturated carbocycles. The van der Waals surface area contributed by atoms with Gasteiger partial charge in [-0.1, -0.05) is 36.4 Å². The molecule has 0 heterocycles. The van der Waals surface area contributed by atoms with E-state index in [0.29, 0.717) is 16.9 Å². The van der Waals surface area contributed by atoms with Crippen molar-refractivity contribution in [2.45, 2.75) is 39.3 Å². The van der Waals surface area contributed by atoms with Gasteiger partial charge < -0.3 is 14.4 Å². The van der Waals surface area contributed by atoms with Gasteiger partial charge in [0.1, 0.15) is 11.2 Å². The number of hydrogen-bond acceptors (Lipinski definition) is 4. The van der Waals surface area contributed by atoms with Crippen LogP contribution in [-0.2, 0) is 20.7 Å². The van der Waals surface area contributed by atoms with Crippen molar-refractivity contribution in [1.29, 1.82) is 0 Å². The Morgan fingerprint density at radius 3 is 2.29 bits per heavy atom. The summed E-state index contributed by atoms with van der Waals surface area (Å²) in [6, 6.07) is 5.15. The third kappa shape index (κ3) is 5.68. The Labute approximate surface area is 180 Å². The SMILES string of the molecule is CCOC(=O)Cc1ccc(OC)c(C2C=CC(CN(CC)C(C)=O)(C(F)(F)F)C=C2)c1. The van der Waals surface area contributed by atoms with E-state index in [1.54, 1.807) is 32.0 Å². The van der Waals surface area contributed by atoms with Gasteiger partial charge in [0.25, 0.3) is 0 Å². The number of allylic oxidation sites excluding steroid dienone is 2. The second-order valence-corrected chi connectivity index (χ2v) is 7.37. The summed E-state index contributed by atoms with van der Waals surface area (Å²) in [6.45, 7) is 4.58. The Hall–Kier alpha value is -2.77. The molecule has 31 heavy (non-hydrogen) atoms. The lowest BCUT2D eigenvalue weighted by atomic mass is 9.78. The molecular formula is C23H28F3NO4. The highest BCUT2D eigenvalue weighted by Crippen LogP contribution is 2.46. The van der Waals surface area contributed by atoms with E-state index >= 15 is 0 Å². The largest absolute Gasteiger partial charge is 0.496 e. The van der Waals surface area contributed by atoms with Gasteiger partial charge in [-0.05, 0) is 25.5 Å². The summed E-state index contributed by atoms with van der Waals surface area (Å²) in [4.78, 5) is 24.7. The number of halogens is 3. The van der Waals surface area contributed by atoms with E-state index in [1.165, 1.54) is 31.1 Å². The van der Waals surface area contributed by atoms with Crippen LogP contribution >= 0.6 is 0 Å². The first kappa shape index (κ1) is 24.5. The van der Waals surface area contributed by atoms with E-state index in [2.05, 4.69) is 0 Å². The first-order valence-electron chi connectivity index (χ1n) is 10.1. The van der Waals surface area contributed by atoms with Crippen molar-refractivity contribution in [3.63, 3.8) is 0 Å². The Morgan fingerprint density at radius 1 is 1.16 bits per heavy atom. The summed E-state index contributed by atoms with van der Waals surface area (Å²) in [5, 5.41) is 0. The third-order valence-electron chi connectivity index (χ3n) is 5.32. The number of nitrogens with zero attached hydrogens (tertiary/aromatic N) is 1. The van der Waals surface area contributed by atoms with E-state index in [-0.39, 0.29) is 25.5 Å². The van der Waals surface area contributed by atoms with E-state index in [9.17, 15) is 22.8 Å². The van der Waals surface area contributed by atoms with Gasteiger partial charge >= 0.3 is 12.1 Å². The number of benzene rings is 1. The Bertz CT molecular complexity index is 847. The molecule has 0 aliphatic heterocycles. The van der Waals surface area contributed by atoms with E-state index in [0.717, 1.165) is 12.2 Å². The average molecular weight is 439 g/mol. The second kappa shape index (κ2) is 10.0. The highest BCUT2D eigenvalue weighted by molar-refractivity contribution is 5.73. The topological polar surface area (TPSA) is 55.8 Å². The standard InChI is InChI=1S/C23H28F3NO4/c1-5-27(16(3)28)15-22(23(24,25)26)11-9-18(10-12-22)19-13-17(7-8-20(19)30-4)14-21(29)31-6-2/h7-13,18H,5-6,14-15H2,1-4H3. The van der Waals surface area contributed by atoms with Gasteiger partial charge in [-0.15, -0.1) is 0 Å². The monoisotopic (exact) mass is 439 g/mol. The molecular weight excluding hydrogens is 411 g/mol. The first-order valence-corrected chi connectivity index (χ1v) is 10.1. The summed E-state index contributed by atoms with van der Waals surface area (Å²) in [5.41, 5.74) is -0.940. The minimum atomic E-state index is -4.57. The Kier molecular flexibility index (Phi) is 7.92. The molecule has 1 aliphatic rings. The highest BCUT2D eigenvalue weighted by atomic mass is 19.4.